The highest BCUT2D eigenvalue weighted by Gasteiger charge is 2.16. The lowest BCUT2D eigenvalue weighted by atomic mass is 9.87. The topological polar surface area (TPSA) is 73.9 Å². The number of carbonyl (C=O) groups is 2. The van der Waals surface area contributed by atoms with E-state index in [1.54, 1.807) is 0 Å². The molecular weight excluding hydrogens is 377 g/mol. The largest absolute Gasteiger partial charge is 0.497 e. The third kappa shape index (κ3) is 6.78. The first kappa shape index (κ1) is 22.2. The van der Waals surface area contributed by atoms with Crippen molar-refractivity contribution in [3.8, 4) is 11.5 Å². The minimum Gasteiger partial charge on any atom is -0.497 e. The zero-order valence-electron chi connectivity index (χ0n) is 17.1. The van der Waals surface area contributed by atoms with Crippen LogP contribution in [0.1, 0.15) is 36.7 Å². The van der Waals surface area contributed by atoms with Gasteiger partial charge in [-0.15, -0.1) is 0 Å². The maximum Gasteiger partial charge on any atom is 0.341 e. The first-order valence-electron chi connectivity index (χ1n) is 9.21. The molecule has 0 saturated heterocycles. The van der Waals surface area contributed by atoms with Gasteiger partial charge in [0.1, 0.15) is 23.9 Å². The van der Waals surface area contributed by atoms with Gasteiger partial charge in [-0.1, -0.05) is 32.9 Å². The van der Waals surface area contributed by atoms with Crippen LogP contribution >= 0.6 is 0 Å². The normalized spacial score (nSPS) is 10.9. The van der Waals surface area contributed by atoms with Crippen molar-refractivity contribution in [2.75, 3.05) is 26.9 Å². The van der Waals surface area contributed by atoms with E-state index in [1.807, 2.05) is 24.3 Å². The van der Waals surface area contributed by atoms with Gasteiger partial charge in [0.25, 0.3) is 5.91 Å². The quantitative estimate of drug-likeness (QED) is 0.540. The summed E-state index contributed by atoms with van der Waals surface area (Å²) in [4.78, 5) is 23.6. The number of amides is 1. The maximum atomic E-state index is 13.8. The molecule has 0 aliphatic carbocycles. The fourth-order valence-corrected chi connectivity index (χ4v) is 2.46. The lowest BCUT2D eigenvalue weighted by Gasteiger charge is -2.19. The maximum absolute atomic E-state index is 13.8. The Morgan fingerprint density at radius 1 is 1.03 bits per heavy atom. The Labute approximate surface area is 170 Å². The Hall–Kier alpha value is -3.09. The summed E-state index contributed by atoms with van der Waals surface area (Å²) in [5.74, 6) is -1.21. The van der Waals surface area contributed by atoms with Gasteiger partial charge in [-0.05, 0) is 35.2 Å². The first-order valence-corrected chi connectivity index (χ1v) is 9.21. The number of methoxy groups -OCH3 is 1. The van der Waals surface area contributed by atoms with Gasteiger partial charge in [0.05, 0.1) is 19.2 Å². The molecule has 0 fully saturated rings. The highest BCUT2D eigenvalue weighted by Crippen LogP contribution is 2.24. The molecular formula is C22H26FNO5. The Kier molecular flexibility index (Phi) is 7.59. The van der Waals surface area contributed by atoms with E-state index in [-0.39, 0.29) is 29.9 Å². The van der Waals surface area contributed by atoms with Gasteiger partial charge in [0.2, 0.25) is 0 Å². The zero-order chi connectivity index (χ0) is 21.4. The van der Waals surface area contributed by atoms with E-state index in [2.05, 4.69) is 26.1 Å². The van der Waals surface area contributed by atoms with Crippen LogP contribution in [0, 0.1) is 5.82 Å². The minimum atomic E-state index is -0.921. The first-order chi connectivity index (χ1) is 13.7. The van der Waals surface area contributed by atoms with Gasteiger partial charge >= 0.3 is 5.97 Å². The molecule has 0 saturated carbocycles. The average molecular weight is 403 g/mol. The zero-order valence-corrected chi connectivity index (χ0v) is 17.1. The van der Waals surface area contributed by atoms with Gasteiger partial charge in [0.15, 0.2) is 6.61 Å². The molecule has 0 aliphatic heterocycles. The Morgan fingerprint density at radius 3 is 2.28 bits per heavy atom. The molecule has 0 bridgehead atoms. The standard InChI is InChI=1S/C22H26FNO5/c1-22(2,3)15-5-7-16(8-6-15)28-12-11-24-20(25)14-29-21(26)18-10-9-17(27-4)13-19(18)23/h5-10,13H,11-12,14H2,1-4H3,(H,24,25). The fourth-order valence-electron chi connectivity index (χ4n) is 2.46. The molecule has 2 aromatic rings. The molecule has 7 heteroatoms. The predicted octanol–water partition coefficient (Wildman–Crippen LogP) is 3.48. The summed E-state index contributed by atoms with van der Waals surface area (Å²) in [6.45, 7) is 6.40. The van der Waals surface area contributed by atoms with Crippen molar-refractivity contribution < 1.29 is 28.2 Å². The summed E-state index contributed by atoms with van der Waals surface area (Å²) in [7, 11) is 1.39. The summed E-state index contributed by atoms with van der Waals surface area (Å²) < 4.78 is 29.1. The monoisotopic (exact) mass is 403 g/mol. The molecule has 0 radical (unpaired) electrons. The van der Waals surface area contributed by atoms with Crippen molar-refractivity contribution >= 4 is 11.9 Å². The van der Waals surface area contributed by atoms with E-state index in [1.165, 1.54) is 24.8 Å². The van der Waals surface area contributed by atoms with E-state index in [0.717, 1.165) is 6.07 Å². The Bertz CT molecular complexity index is 843. The highest BCUT2D eigenvalue weighted by atomic mass is 19.1. The molecule has 0 atom stereocenters. The van der Waals surface area contributed by atoms with E-state index >= 15 is 0 Å². The summed E-state index contributed by atoms with van der Waals surface area (Å²) >= 11 is 0. The van der Waals surface area contributed by atoms with E-state index in [4.69, 9.17) is 14.2 Å². The smallest absolute Gasteiger partial charge is 0.341 e. The minimum absolute atomic E-state index is 0.0681. The number of esters is 1. The lowest BCUT2D eigenvalue weighted by molar-refractivity contribution is -0.124. The lowest BCUT2D eigenvalue weighted by Crippen LogP contribution is -2.32. The fraction of sp³-hybridized carbons (Fsp3) is 0.364. The molecule has 29 heavy (non-hydrogen) atoms. The highest BCUT2D eigenvalue weighted by molar-refractivity contribution is 5.91. The predicted molar refractivity (Wildman–Crippen MR) is 107 cm³/mol. The Morgan fingerprint density at radius 2 is 1.69 bits per heavy atom. The van der Waals surface area contributed by atoms with Gasteiger partial charge in [0, 0.05) is 6.07 Å². The van der Waals surface area contributed by atoms with Crippen LogP contribution in [-0.4, -0.2) is 38.7 Å². The van der Waals surface area contributed by atoms with Gasteiger partial charge in [-0.3, -0.25) is 4.79 Å². The SMILES string of the molecule is COc1ccc(C(=O)OCC(=O)NCCOc2ccc(C(C)(C)C)cc2)c(F)c1. The summed E-state index contributed by atoms with van der Waals surface area (Å²) in [6.07, 6.45) is 0. The number of hydrogen-bond acceptors (Lipinski definition) is 5. The van der Waals surface area contributed by atoms with Crippen LogP contribution in [-0.2, 0) is 14.9 Å². The summed E-state index contributed by atoms with van der Waals surface area (Å²) in [5.41, 5.74) is 1.01. The van der Waals surface area contributed by atoms with Crippen molar-refractivity contribution in [1.29, 1.82) is 0 Å². The van der Waals surface area contributed by atoms with E-state index in [0.29, 0.717) is 5.75 Å². The molecule has 2 aromatic carbocycles. The number of halogens is 1. The van der Waals surface area contributed by atoms with Gasteiger partial charge < -0.3 is 19.5 Å². The molecule has 0 spiro atoms. The Balaban J connectivity index is 1.70. The van der Waals surface area contributed by atoms with E-state index in [9.17, 15) is 14.0 Å². The van der Waals surface area contributed by atoms with Crippen LogP contribution in [0.25, 0.3) is 0 Å². The van der Waals surface area contributed by atoms with Crippen LogP contribution in [0.4, 0.5) is 4.39 Å². The van der Waals surface area contributed by atoms with Crippen LogP contribution < -0.4 is 14.8 Å². The van der Waals surface area contributed by atoms with Crippen molar-refractivity contribution in [1.82, 2.24) is 5.32 Å². The van der Waals surface area contributed by atoms with Crippen molar-refractivity contribution in [2.45, 2.75) is 26.2 Å². The van der Waals surface area contributed by atoms with Gasteiger partial charge in [-0.25, -0.2) is 9.18 Å². The van der Waals surface area contributed by atoms with Crippen LogP contribution in [0.2, 0.25) is 0 Å². The van der Waals surface area contributed by atoms with E-state index < -0.39 is 24.3 Å². The molecule has 0 unspecified atom stereocenters. The molecule has 156 valence electrons. The second-order valence-corrected chi connectivity index (χ2v) is 7.39. The second-order valence-electron chi connectivity index (χ2n) is 7.39. The van der Waals surface area contributed by atoms with Gasteiger partial charge in [-0.2, -0.15) is 0 Å². The third-order valence-electron chi connectivity index (χ3n) is 4.14. The molecule has 0 heterocycles. The van der Waals surface area contributed by atoms with Crippen molar-refractivity contribution in [3.63, 3.8) is 0 Å². The summed E-state index contributed by atoms with van der Waals surface area (Å²) in [5, 5.41) is 2.57. The average Bonchev–Trinajstić information content (AvgIpc) is 2.69. The van der Waals surface area contributed by atoms with Crippen molar-refractivity contribution in [2.24, 2.45) is 0 Å². The van der Waals surface area contributed by atoms with Crippen LogP contribution in [0.3, 0.4) is 0 Å². The number of hydrogen-bond donors (Lipinski definition) is 1. The number of carbonyl (C=O) groups excluding carboxylic acids is 2. The number of benzene rings is 2. The van der Waals surface area contributed by atoms with Crippen LogP contribution in [0.15, 0.2) is 42.5 Å². The molecule has 0 aliphatic rings. The number of ether oxygens (including phenoxy) is 3. The summed E-state index contributed by atoms with van der Waals surface area (Å²) in [6, 6.07) is 11.5. The van der Waals surface area contributed by atoms with Crippen LogP contribution in [0.5, 0.6) is 11.5 Å². The third-order valence-corrected chi connectivity index (χ3v) is 4.14. The molecule has 1 amide bonds. The second kappa shape index (κ2) is 9.91. The number of rotatable bonds is 8. The van der Waals surface area contributed by atoms with Crippen molar-refractivity contribution in [3.05, 3.63) is 59.4 Å². The molecule has 1 N–H and O–H groups in total. The molecule has 6 nitrogen and oxygen atoms in total. The molecule has 2 rings (SSSR count). The molecule has 0 aromatic heterocycles. The number of nitrogens with one attached hydrogen (secondary N) is 1.